The van der Waals surface area contributed by atoms with E-state index in [0.717, 1.165) is 12.1 Å². The van der Waals surface area contributed by atoms with E-state index in [-0.39, 0.29) is 17.5 Å². The van der Waals surface area contributed by atoms with Crippen LogP contribution in [0.1, 0.15) is 11.1 Å². The van der Waals surface area contributed by atoms with Crippen molar-refractivity contribution in [3.05, 3.63) is 71.0 Å². The first-order valence-corrected chi connectivity index (χ1v) is 6.43. The largest absolute Gasteiger partial charge is 0.395 e. The Morgan fingerprint density at radius 2 is 1.29 bits per heavy atom. The predicted octanol–water partition coefficient (Wildman–Crippen LogP) is 2.57. The van der Waals surface area contributed by atoms with E-state index in [0.29, 0.717) is 0 Å². The second-order valence-corrected chi connectivity index (χ2v) is 4.95. The number of hydrogen-bond donors (Lipinski definition) is 2. The molecule has 0 aliphatic rings. The van der Waals surface area contributed by atoms with Crippen molar-refractivity contribution < 1.29 is 23.4 Å². The Morgan fingerprint density at radius 1 is 0.762 bits per heavy atom. The summed E-state index contributed by atoms with van der Waals surface area (Å²) in [7, 11) is 0. The van der Waals surface area contributed by atoms with Gasteiger partial charge in [0.15, 0.2) is 0 Å². The van der Waals surface area contributed by atoms with Crippen molar-refractivity contribution in [1.82, 2.24) is 0 Å². The van der Waals surface area contributed by atoms with E-state index < -0.39 is 36.1 Å². The van der Waals surface area contributed by atoms with Crippen molar-refractivity contribution in [3.8, 4) is 0 Å². The van der Waals surface area contributed by atoms with Crippen molar-refractivity contribution in [3.63, 3.8) is 0 Å². The third kappa shape index (κ3) is 2.94. The van der Waals surface area contributed by atoms with Crippen LogP contribution in [0.5, 0.6) is 0 Å². The van der Waals surface area contributed by atoms with Crippen molar-refractivity contribution >= 4 is 0 Å². The highest BCUT2D eigenvalue weighted by atomic mass is 19.1. The monoisotopic (exact) mass is 296 g/mol. The standard InChI is InChI=1S/C16H15F3O2/c17-13-6-3-7-14(18)11(13)8-16(9-20,10-21)12-4-1-2-5-15(12)19/h1-7,20-21H,8-10H2. The van der Waals surface area contributed by atoms with Crippen LogP contribution < -0.4 is 0 Å². The van der Waals surface area contributed by atoms with E-state index in [1.165, 1.54) is 30.3 Å². The maximum Gasteiger partial charge on any atom is 0.129 e. The van der Waals surface area contributed by atoms with Gasteiger partial charge in [-0.25, -0.2) is 13.2 Å². The van der Waals surface area contributed by atoms with Gasteiger partial charge in [0.05, 0.1) is 13.2 Å². The van der Waals surface area contributed by atoms with Gasteiger partial charge in [0, 0.05) is 11.0 Å². The molecule has 0 amide bonds. The zero-order valence-corrected chi connectivity index (χ0v) is 11.2. The molecule has 2 rings (SSSR count). The maximum atomic E-state index is 14.0. The van der Waals surface area contributed by atoms with Gasteiger partial charge in [-0.05, 0) is 30.2 Å². The lowest BCUT2D eigenvalue weighted by Crippen LogP contribution is -2.38. The molecule has 0 spiro atoms. The van der Waals surface area contributed by atoms with Gasteiger partial charge < -0.3 is 10.2 Å². The highest BCUT2D eigenvalue weighted by Crippen LogP contribution is 2.31. The van der Waals surface area contributed by atoms with Gasteiger partial charge in [0.1, 0.15) is 17.5 Å². The minimum Gasteiger partial charge on any atom is -0.395 e. The normalized spacial score (nSPS) is 11.7. The second-order valence-electron chi connectivity index (χ2n) is 4.95. The topological polar surface area (TPSA) is 40.5 Å². The Bertz CT molecular complexity index is 604. The molecule has 0 aliphatic carbocycles. The molecule has 0 unspecified atom stereocenters. The van der Waals surface area contributed by atoms with E-state index in [2.05, 4.69) is 0 Å². The third-order valence-corrected chi connectivity index (χ3v) is 3.63. The van der Waals surface area contributed by atoms with E-state index in [1.807, 2.05) is 0 Å². The highest BCUT2D eigenvalue weighted by molar-refractivity contribution is 5.32. The van der Waals surface area contributed by atoms with Crippen LogP contribution in [0.4, 0.5) is 13.2 Å². The van der Waals surface area contributed by atoms with Crippen molar-refractivity contribution in [2.24, 2.45) is 0 Å². The lowest BCUT2D eigenvalue weighted by molar-refractivity contribution is 0.112. The number of benzene rings is 2. The Kier molecular flexibility index (Phi) is 4.65. The molecule has 2 nitrogen and oxygen atoms in total. The fourth-order valence-corrected chi connectivity index (χ4v) is 2.36. The summed E-state index contributed by atoms with van der Waals surface area (Å²) in [5.74, 6) is -2.23. The van der Waals surface area contributed by atoms with Gasteiger partial charge in [-0.1, -0.05) is 24.3 Å². The van der Waals surface area contributed by atoms with Crippen LogP contribution in [-0.4, -0.2) is 23.4 Å². The lowest BCUT2D eigenvalue weighted by Gasteiger charge is -2.31. The summed E-state index contributed by atoms with van der Waals surface area (Å²) in [5, 5.41) is 19.3. The Balaban J connectivity index is 2.51. The molecule has 0 fully saturated rings. The van der Waals surface area contributed by atoms with Gasteiger partial charge in [0.2, 0.25) is 0 Å². The van der Waals surface area contributed by atoms with E-state index in [9.17, 15) is 23.4 Å². The Labute approximate surface area is 120 Å². The summed E-state index contributed by atoms with van der Waals surface area (Å²) < 4.78 is 41.5. The number of halogens is 3. The SMILES string of the molecule is OCC(CO)(Cc1c(F)cccc1F)c1ccccc1F. The first kappa shape index (κ1) is 15.5. The van der Waals surface area contributed by atoms with Crippen LogP contribution >= 0.6 is 0 Å². The van der Waals surface area contributed by atoms with Crippen LogP contribution in [0, 0.1) is 17.5 Å². The van der Waals surface area contributed by atoms with Crippen LogP contribution in [0.2, 0.25) is 0 Å². The first-order chi connectivity index (χ1) is 10.0. The van der Waals surface area contributed by atoms with Crippen LogP contribution in [0.25, 0.3) is 0 Å². The summed E-state index contributed by atoms with van der Waals surface area (Å²) >= 11 is 0. The molecular formula is C16H15F3O2. The minimum absolute atomic E-state index is 0.0256. The van der Waals surface area contributed by atoms with Crippen LogP contribution in [0.15, 0.2) is 42.5 Å². The molecule has 5 heteroatoms. The zero-order chi connectivity index (χ0) is 15.5. The molecule has 21 heavy (non-hydrogen) atoms. The average Bonchev–Trinajstić information content (AvgIpc) is 2.49. The number of aliphatic hydroxyl groups is 2. The Morgan fingerprint density at radius 3 is 1.81 bits per heavy atom. The van der Waals surface area contributed by atoms with E-state index >= 15 is 0 Å². The van der Waals surface area contributed by atoms with Crippen molar-refractivity contribution in [2.45, 2.75) is 11.8 Å². The molecule has 0 radical (unpaired) electrons. The Hall–Kier alpha value is -1.85. The fourth-order valence-electron chi connectivity index (χ4n) is 2.36. The van der Waals surface area contributed by atoms with Gasteiger partial charge >= 0.3 is 0 Å². The average molecular weight is 296 g/mol. The molecule has 112 valence electrons. The van der Waals surface area contributed by atoms with Crippen LogP contribution in [-0.2, 0) is 11.8 Å². The molecule has 2 aromatic carbocycles. The fraction of sp³-hybridized carbons (Fsp3) is 0.250. The van der Waals surface area contributed by atoms with Gasteiger partial charge in [-0.15, -0.1) is 0 Å². The molecular weight excluding hydrogens is 281 g/mol. The highest BCUT2D eigenvalue weighted by Gasteiger charge is 2.35. The molecule has 0 saturated heterocycles. The predicted molar refractivity (Wildman–Crippen MR) is 72.3 cm³/mol. The smallest absolute Gasteiger partial charge is 0.129 e. The maximum absolute atomic E-state index is 14.0. The molecule has 0 aliphatic heterocycles. The second kappa shape index (κ2) is 6.28. The van der Waals surface area contributed by atoms with E-state index in [4.69, 9.17) is 0 Å². The molecule has 0 atom stereocenters. The molecule has 2 N–H and O–H groups in total. The third-order valence-electron chi connectivity index (χ3n) is 3.63. The molecule has 0 saturated carbocycles. The molecule has 0 aromatic heterocycles. The quantitative estimate of drug-likeness (QED) is 0.890. The summed E-state index contributed by atoms with van der Waals surface area (Å²) in [6.07, 6.45) is -0.348. The van der Waals surface area contributed by atoms with Gasteiger partial charge in [-0.3, -0.25) is 0 Å². The summed E-state index contributed by atoms with van der Waals surface area (Å²) in [6.45, 7) is -1.28. The summed E-state index contributed by atoms with van der Waals surface area (Å²) in [6, 6.07) is 8.95. The number of rotatable bonds is 5. The van der Waals surface area contributed by atoms with Gasteiger partial charge in [0.25, 0.3) is 0 Å². The van der Waals surface area contributed by atoms with Crippen LogP contribution in [0.3, 0.4) is 0 Å². The lowest BCUT2D eigenvalue weighted by atomic mass is 9.76. The minimum atomic E-state index is -1.49. The summed E-state index contributed by atoms with van der Waals surface area (Å²) in [4.78, 5) is 0. The summed E-state index contributed by atoms with van der Waals surface area (Å²) in [5.41, 5.74) is -1.75. The van der Waals surface area contributed by atoms with Gasteiger partial charge in [-0.2, -0.15) is 0 Å². The van der Waals surface area contributed by atoms with E-state index in [1.54, 1.807) is 0 Å². The number of hydrogen-bond acceptors (Lipinski definition) is 2. The van der Waals surface area contributed by atoms with Crippen molar-refractivity contribution in [2.75, 3.05) is 13.2 Å². The molecule has 0 heterocycles. The molecule has 2 aromatic rings. The number of aliphatic hydroxyl groups excluding tert-OH is 2. The first-order valence-electron chi connectivity index (χ1n) is 6.43. The zero-order valence-electron chi connectivity index (χ0n) is 11.2. The molecule has 0 bridgehead atoms. The van der Waals surface area contributed by atoms with Crippen molar-refractivity contribution in [1.29, 1.82) is 0 Å².